The van der Waals surface area contributed by atoms with Gasteiger partial charge in [-0.1, -0.05) is 18.2 Å². The summed E-state index contributed by atoms with van der Waals surface area (Å²) in [4.78, 5) is 34.5. The summed E-state index contributed by atoms with van der Waals surface area (Å²) in [6.45, 7) is 0.311. The number of hydrogen-bond donors (Lipinski definition) is 2. The van der Waals surface area contributed by atoms with Crippen molar-refractivity contribution in [3.63, 3.8) is 0 Å². The average molecular weight is 336 g/mol. The minimum Gasteiger partial charge on any atom is -0.497 e. The molecule has 2 N–H and O–H groups in total. The van der Waals surface area contributed by atoms with Crippen LogP contribution in [-0.4, -0.2) is 28.0 Å². The Morgan fingerprint density at radius 3 is 2.88 bits per heavy atom. The number of aromatic nitrogens is 3. The summed E-state index contributed by atoms with van der Waals surface area (Å²) in [5, 5.41) is 2.74. The van der Waals surface area contributed by atoms with Crippen molar-refractivity contribution < 1.29 is 9.53 Å². The molecule has 0 unspecified atom stereocenters. The Labute approximate surface area is 143 Å². The summed E-state index contributed by atoms with van der Waals surface area (Å²) < 4.78 is 5.17. The van der Waals surface area contributed by atoms with Crippen LogP contribution in [0.15, 0.2) is 59.7 Å². The van der Waals surface area contributed by atoms with E-state index in [0.717, 1.165) is 5.56 Å². The molecule has 25 heavy (non-hydrogen) atoms. The number of amides is 1. The third-order valence-electron chi connectivity index (χ3n) is 3.53. The number of nitrogens with zero attached hydrogens (tertiary/aromatic N) is 2. The highest BCUT2D eigenvalue weighted by atomic mass is 16.5. The Morgan fingerprint density at radius 1 is 1.24 bits per heavy atom. The molecule has 1 amide bonds. The minimum absolute atomic E-state index is 0.140. The van der Waals surface area contributed by atoms with Gasteiger partial charge >= 0.3 is 5.69 Å². The van der Waals surface area contributed by atoms with E-state index in [4.69, 9.17) is 4.74 Å². The Kier molecular flexibility index (Phi) is 4.84. The number of methoxy groups -OCH3 is 1. The van der Waals surface area contributed by atoms with Crippen LogP contribution >= 0.6 is 0 Å². The molecule has 0 atom stereocenters. The molecule has 2 aromatic heterocycles. The van der Waals surface area contributed by atoms with Crippen LogP contribution in [0.1, 0.15) is 16.1 Å². The highest BCUT2D eigenvalue weighted by molar-refractivity contribution is 5.93. The minimum atomic E-state index is -0.591. The molecule has 0 aliphatic rings. The maximum absolute atomic E-state index is 12.3. The van der Waals surface area contributed by atoms with E-state index in [2.05, 4.69) is 20.3 Å². The number of carbonyl (C=O) groups excluding carboxylic acids is 1. The number of pyridine rings is 1. The second-order valence-corrected chi connectivity index (χ2v) is 5.26. The van der Waals surface area contributed by atoms with Gasteiger partial charge in [0.05, 0.1) is 12.8 Å². The Morgan fingerprint density at radius 2 is 2.12 bits per heavy atom. The molecule has 7 nitrogen and oxygen atoms in total. The van der Waals surface area contributed by atoms with Crippen molar-refractivity contribution in [3.8, 4) is 17.0 Å². The lowest BCUT2D eigenvalue weighted by molar-refractivity contribution is 0.0945. The van der Waals surface area contributed by atoms with E-state index in [1.807, 2.05) is 6.07 Å². The van der Waals surface area contributed by atoms with E-state index in [0.29, 0.717) is 23.6 Å². The average Bonchev–Trinajstić information content (AvgIpc) is 2.66. The van der Waals surface area contributed by atoms with Crippen molar-refractivity contribution >= 4 is 5.91 Å². The van der Waals surface area contributed by atoms with Crippen LogP contribution in [0.25, 0.3) is 11.3 Å². The molecule has 0 saturated carbocycles. The maximum Gasteiger partial charge on any atom is 0.346 e. The Bertz CT molecular complexity index is 938. The zero-order chi connectivity index (χ0) is 17.6. The molecule has 1 aromatic carbocycles. The molecule has 0 aliphatic heterocycles. The number of benzene rings is 1. The second kappa shape index (κ2) is 7.39. The summed E-state index contributed by atoms with van der Waals surface area (Å²) in [6, 6.07) is 12.3. The van der Waals surface area contributed by atoms with Gasteiger partial charge in [0, 0.05) is 24.5 Å². The van der Waals surface area contributed by atoms with Gasteiger partial charge in [0.2, 0.25) is 0 Å². The summed E-state index contributed by atoms with van der Waals surface area (Å²) in [5.74, 6) is 0.245. The van der Waals surface area contributed by atoms with Crippen LogP contribution in [0.5, 0.6) is 5.75 Å². The largest absolute Gasteiger partial charge is 0.497 e. The predicted octanol–water partition coefficient (Wildman–Crippen LogP) is 1.77. The molecule has 0 saturated heterocycles. The highest BCUT2D eigenvalue weighted by Gasteiger charge is 2.11. The maximum atomic E-state index is 12.3. The van der Waals surface area contributed by atoms with Gasteiger partial charge in [0.25, 0.3) is 5.91 Å². The fraction of sp³-hybridized carbons (Fsp3) is 0.111. The van der Waals surface area contributed by atoms with Crippen molar-refractivity contribution in [1.29, 1.82) is 0 Å². The van der Waals surface area contributed by atoms with Crippen molar-refractivity contribution in [2.75, 3.05) is 7.11 Å². The van der Waals surface area contributed by atoms with Crippen molar-refractivity contribution in [3.05, 3.63) is 76.6 Å². The molecule has 3 rings (SSSR count). The molecule has 7 heteroatoms. The van der Waals surface area contributed by atoms with Gasteiger partial charge in [-0.3, -0.25) is 9.78 Å². The fourth-order valence-electron chi connectivity index (χ4n) is 2.29. The zero-order valence-electron chi connectivity index (χ0n) is 13.5. The van der Waals surface area contributed by atoms with E-state index in [1.165, 1.54) is 6.07 Å². The van der Waals surface area contributed by atoms with Crippen molar-refractivity contribution in [2.24, 2.45) is 0 Å². The number of rotatable bonds is 5. The number of ether oxygens (including phenoxy) is 1. The molecular weight excluding hydrogens is 320 g/mol. The summed E-state index contributed by atoms with van der Waals surface area (Å²) in [5.41, 5.74) is 1.50. The summed E-state index contributed by atoms with van der Waals surface area (Å²) >= 11 is 0. The summed E-state index contributed by atoms with van der Waals surface area (Å²) in [7, 11) is 1.56. The lowest BCUT2D eigenvalue weighted by Crippen LogP contribution is -2.27. The first kappa shape index (κ1) is 16.4. The molecule has 0 spiro atoms. The first-order chi connectivity index (χ1) is 12.2. The van der Waals surface area contributed by atoms with Crippen molar-refractivity contribution in [2.45, 2.75) is 6.54 Å². The molecule has 0 radical (unpaired) electrons. The lowest BCUT2D eigenvalue weighted by Gasteiger charge is -2.07. The normalized spacial score (nSPS) is 10.3. The number of H-pyrrole nitrogens is 1. The van der Waals surface area contributed by atoms with E-state index < -0.39 is 11.6 Å². The van der Waals surface area contributed by atoms with Crippen LogP contribution in [0.4, 0.5) is 0 Å². The van der Waals surface area contributed by atoms with Gasteiger partial charge in [-0.15, -0.1) is 0 Å². The number of hydrogen-bond acceptors (Lipinski definition) is 5. The van der Waals surface area contributed by atoms with E-state index in [1.54, 1.807) is 49.8 Å². The second-order valence-electron chi connectivity index (χ2n) is 5.26. The predicted molar refractivity (Wildman–Crippen MR) is 92.3 cm³/mol. The lowest BCUT2D eigenvalue weighted by atomic mass is 10.1. The zero-order valence-corrected chi connectivity index (χ0v) is 13.5. The Balaban J connectivity index is 1.83. The van der Waals surface area contributed by atoms with Crippen LogP contribution < -0.4 is 15.7 Å². The van der Waals surface area contributed by atoms with Crippen LogP contribution in [0, 0.1) is 0 Å². The number of carbonyl (C=O) groups is 1. The van der Waals surface area contributed by atoms with E-state index in [-0.39, 0.29) is 5.69 Å². The van der Waals surface area contributed by atoms with Gasteiger partial charge in [-0.2, -0.15) is 4.98 Å². The smallest absolute Gasteiger partial charge is 0.346 e. The topological polar surface area (TPSA) is 97.0 Å². The van der Waals surface area contributed by atoms with Gasteiger partial charge in [-0.05, 0) is 29.8 Å². The molecule has 0 aliphatic carbocycles. The van der Waals surface area contributed by atoms with Gasteiger partial charge in [-0.25, -0.2) is 4.79 Å². The van der Waals surface area contributed by atoms with Crippen LogP contribution in [0.3, 0.4) is 0 Å². The Hall–Kier alpha value is -3.48. The van der Waals surface area contributed by atoms with Gasteiger partial charge < -0.3 is 15.0 Å². The molecule has 0 bridgehead atoms. The van der Waals surface area contributed by atoms with E-state index in [9.17, 15) is 9.59 Å². The molecule has 0 fully saturated rings. The van der Waals surface area contributed by atoms with E-state index >= 15 is 0 Å². The van der Waals surface area contributed by atoms with Crippen molar-refractivity contribution in [1.82, 2.24) is 20.3 Å². The van der Waals surface area contributed by atoms with Gasteiger partial charge in [0.1, 0.15) is 11.4 Å². The monoisotopic (exact) mass is 336 g/mol. The standard InChI is InChI=1S/C18H16N4O3/c1-25-14-6-2-5-13(8-14)15-9-16(22-18(24)21-15)17(23)20-11-12-4-3-7-19-10-12/h2-10H,11H2,1H3,(H,20,23)(H,21,22,24). The quantitative estimate of drug-likeness (QED) is 0.740. The fourth-order valence-corrected chi connectivity index (χ4v) is 2.29. The third kappa shape index (κ3) is 4.08. The van der Waals surface area contributed by atoms with Crippen LogP contribution in [-0.2, 0) is 6.54 Å². The molecule has 2 heterocycles. The first-order valence-electron chi connectivity index (χ1n) is 7.58. The van der Waals surface area contributed by atoms with Crippen LogP contribution in [0.2, 0.25) is 0 Å². The number of aromatic amines is 1. The summed E-state index contributed by atoms with van der Waals surface area (Å²) in [6.07, 6.45) is 3.32. The highest BCUT2D eigenvalue weighted by Crippen LogP contribution is 2.21. The first-order valence-corrected chi connectivity index (χ1v) is 7.58. The van der Waals surface area contributed by atoms with Gasteiger partial charge in [0.15, 0.2) is 0 Å². The third-order valence-corrected chi connectivity index (χ3v) is 3.53. The number of nitrogens with one attached hydrogen (secondary N) is 2. The molecule has 126 valence electrons. The SMILES string of the molecule is COc1cccc(-c2cc(C(=O)NCc3cccnc3)[nH]c(=O)n2)c1. The molecule has 3 aromatic rings. The molecular formula is C18H16N4O3.